The summed E-state index contributed by atoms with van der Waals surface area (Å²) in [5.74, 6) is -2.68. The molecule has 0 radical (unpaired) electrons. The first kappa shape index (κ1) is 18.2. The smallest absolute Gasteiger partial charge is 0.336 e. The Morgan fingerprint density at radius 1 is 1.27 bits per heavy atom. The molecule has 6 heteroatoms. The summed E-state index contributed by atoms with van der Waals surface area (Å²) in [4.78, 5) is 38.6. The fourth-order valence-electron chi connectivity index (χ4n) is 2.71. The average Bonchev–Trinajstić information content (AvgIpc) is 2.60. The van der Waals surface area contributed by atoms with Gasteiger partial charge in [0.25, 0.3) is 0 Å². The van der Waals surface area contributed by atoms with Crippen LogP contribution in [0.4, 0.5) is 0 Å². The average molecular weight is 370 g/mol. The summed E-state index contributed by atoms with van der Waals surface area (Å²) in [5, 5.41) is 0. The Balaban J connectivity index is 1.69. The molecule has 0 aromatic heterocycles. The van der Waals surface area contributed by atoms with E-state index in [2.05, 4.69) is 6.58 Å². The van der Waals surface area contributed by atoms with E-state index in [0.717, 1.165) is 15.4 Å². The van der Waals surface area contributed by atoms with Gasteiger partial charge in [-0.3, -0.25) is 9.59 Å². The Bertz CT molecular complexity index is 865. The Hall–Kier alpha value is -2.60. The van der Waals surface area contributed by atoms with Crippen LogP contribution in [0.15, 0.2) is 63.9 Å². The summed E-state index contributed by atoms with van der Waals surface area (Å²) in [6, 6.07) is 7.88. The monoisotopic (exact) mass is 370 g/mol. The van der Waals surface area contributed by atoms with E-state index in [-0.39, 0.29) is 11.4 Å². The van der Waals surface area contributed by atoms with Gasteiger partial charge in [-0.2, -0.15) is 0 Å². The van der Waals surface area contributed by atoms with Crippen LogP contribution in [-0.2, 0) is 30.3 Å². The fourth-order valence-corrected chi connectivity index (χ4v) is 3.80. The lowest BCUT2D eigenvalue weighted by molar-refractivity contribution is -0.183. The fraction of sp³-hybridized carbons (Fsp3) is 0.250. The van der Waals surface area contributed by atoms with Gasteiger partial charge in [0.15, 0.2) is 5.78 Å². The number of carbonyl (C=O) groups is 3. The predicted molar refractivity (Wildman–Crippen MR) is 97.1 cm³/mol. The molecule has 1 aliphatic heterocycles. The summed E-state index contributed by atoms with van der Waals surface area (Å²) >= 11 is 1.52. The highest BCUT2D eigenvalue weighted by Gasteiger charge is 2.35. The number of fused-ring (bicyclic) bond motifs is 1. The van der Waals surface area contributed by atoms with E-state index in [1.807, 2.05) is 24.3 Å². The molecule has 0 amide bonds. The van der Waals surface area contributed by atoms with Gasteiger partial charge in [0.05, 0.1) is 0 Å². The topological polar surface area (TPSA) is 69.7 Å². The number of benzene rings is 1. The molecule has 2 unspecified atom stereocenters. The molecule has 0 spiro atoms. The first-order valence-corrected chi connectivity index (χ1v) is 8.96. The minimum absolute atomic E-state index is 0.203. The third-order valence-corrected chi connectivity index (χ3v) is 5.26. The Morgan fingerprint density at radius 2 is 2.00 bits per heavy atom. The Morgan fingerprint density at radius 3 is 2.73 bits per heavy atom. The molecule has 3 rings (SSSR count). The molecule has 0 saturated carbocycles. The van der Waals surface area contributed by atoms with E-state index < -0.39 is 24.1 Å². The van der Waals surface area contributed by atoms with Gasteiger partial charge in [-0.15, -0.1) is 0 Å². The van der Waals surface area contributed by atoms with Crippen LogP contribution in [-0.4, -0.2) is 24.0 Å². The van der Waals surface area contributed by atoms with Crippen molar-refractivity contribution in [3.63, 3.8) is 0 Å². The standard InChI is InChI=1S/C20H18O5S/c1-11(2)19(22)24-12(3)25-20(23)14-8-9-17-15(18(14)21)10-13-6-4-5-7-16(13)26-17/h4-9,12,14H,1,10H2,2-3H3. The normalized spacial score (nSPS) is 19.3. The van der Waals surface area contributed by atoms with Gasteiger partial charge in [-0.1, -0.05) is 48.7 Å². The minimum Gasteiger partial charge on any atom is -0.425 e. The van der Waals surface area contributed by atoms with E-state index in [9.17, 15) is 14.4 Å². The van der Waals surface area contributed by atoms with Crippen LogP contribution in [0.1, 0.15) is 19.4 Å². The number of allylic oxidation sites excluding steroid dienone is 2. The van der Waals surface area contributed by atoms with Gasteiger partial charge in [0.2, 0.25) is 6.29 Å². The highest BCUT2D eigenvalue weighted by Crippen LogP contribution is 2.42. The van der Waals surface area contributed by atoms with Crippen molar-refractivity contribution in [2.24, 2.45) is 5.92 Å². The summed E-state index contributed by atoms with van der Waals surface area (Å²) < 4.78 is 10.0. The van der Waals surface area contributed by atoms with Gasteiger partial charge >= 0.3 is 11.9 Å². The summed E-state index contributed by atoms with van der Waals surface area (Å²) in [6.45, 7) is 6.38. The molecule has 2 aliphatic rings. The zero-order chi connectivity index (χ0) is 18.8. The Kier molecular flexibility index (Phi) is 5.13. The minimum atomic E-state index is -1.09. The van der Waals surface area contributed by atoms with Crippen molar-refractivity contribution in [3.8, 4) is 0 Å². The molecule has 0 fully saturated rings. The van der Waals surface area contributed by atoms with Crippen molar-refractivity contribution in [2.75, 3.05) is 0 Å². The quantitative estimate of drug-likeness (QED) is 0.350. The van der Waals surface area contributed by atoms with Gasteiger partial charge in [0, 0.05) is 34.3 Å². The molecule has 0 bridgehead atoms. The highest BCUT2D eigenvalue weighted by atomic mass is 32.2. The van der Waals surface area contributed by atoms with Crippen molar-refractivity contribution in [1.82, 2.24) is 0 Å². The van der Waals surface area contributed by atoms with Crippen LogP contribution in [0.5, 0.6) is 0 Å². The van der Waals surface area contributed by atoms with Gasteiger partial charge in [-0.25, -0.2) is 4.79 Å². The summed E-state index contributed by atoms with van der Waals surface area (Å²) in [7, 11) is 0. The number of esters is 2. The van der Waals surface area contributed by atoms with E-state index in [1.54, 1.807) is 6.08 Å². The number of rotatable bonds is 4. The SMILES string of the molecule is C=C(C)C(=O)OC(C)OC(=O)C1C=CC2=C(Cc3ccccc3S2)C1=O. The number of thioether (sulfide) groups is 1. The van der Waals surface area contributed by atoms with Crippen LogP contribution >= 0.6 is 11.8 Å². The lowest BCUT2D eigenvalue weighted by Gasteiger charge is -2.25. The maximum Gasteiger partial charge on any atom is 0.336 e. The molecule has 0 N–H and O–H groups in total. The molecule has 26 heavy (non-hydrogen) atoms. The van der Waals surface area contributed by atoms with Gasteiger partial charge in [-0.05, 0) is 18.6 Å². The van der Waals surface area contributed by atoms with Crippen LogP contribution in [0, 0.1) is 5.92 Å². The maximum atomic E-state index is 12.8. The van der Waals surface area contributed by atoms with Crippen molar-refractivity contribution >= 4 is 29.5 Å². The first-order valence-electron chi connectivity index (χ1n) is 8.15. The molecule has 1 aromatic rings. The number of hydrogen-bond acceptors (Lipinski definition) is 6. The third kappa shape index (κ3) is 3.65. The zero-order valence-corrected chi connectivity index (χ0v) is 15.3. The Labute approximate surface area is 155 Å². The number of ether oxygens (including phenoxy) is 2. The molecule has 0 saturated heterocycles. The van der Waals surface area contributed by atoms with Crippen LogP contribution < -0.4 is 0 Å². The summed E-state index contributed by atoms with van der Waals surface area (Å²) in [6.07, 6.45) is 2.72. The van der Waals surface area contributed by atoms with Gasteiger partial charge < -0.3 is 9.47 Å². The molecule has 134 valence electrons. The van der Waals surface area contributed by atoms with E-state index in [1.165, 1.54) is 31.7 Å². The van der Waals surface area contributed by atoms with Crippen LogP contribution in [0.3, 0.4) is 0 Å². The molecule has 2 atom stereocenters. The van der Waals surface area contributed by atoms with Crippen LogP contribution in [0.25, 0.3) is 0 Å². The molecule has 1 heterocycles. The van der Waals surface area contributed by atoms with E-state index in [4.69, 9.17) is 9.47 Å². The first-order chi connectivity index (χ1) is 12.4. The lowest BCUT2D eigenvalue weighted by Crippen LogP contribution is -2.32. The number of ketones is 1. The van der Waals surface area contributed by atoms with Gasteiger partial charge in [0.1, 0.15) is 5.92 Å². The van der Waals surface area contributed by atoms with Crippen LogP contribution in [0.2, 0.25) is 0 Å². The second-order valence-corrected chi connectivity index (χ2v) is 7.20. The number of hydrogen-bond donors (Lipinski definition) is 0. The maximum absolute atomic E-state index is 12.8. The number of carbonyl (C=O) groups excluding carboxylic acids is 3. The molecule has 1 aromatic carbocycles. The van der Waals surface area contributed by atoms with E-state index >= 15 is 0 Å². The predicted octanol–water partition coefficient (Wildman–Crippen LogP) is 3.35. The molecular weight excluding hydrogens is 352 g/mol. The number of Topliss-reactive ketones (excluding diaryl/α,β-unsaturated/α-hetero) is 1. The highest BCUT2D eigenvalue weighted by molar-refractivity contribution is 8.03. The zero-order valence-electron chi connectivity index (χ0n) is 14.5. The summed E-state index contributed by atoms with van der Waals surface area (Å²) in [5.41, 5.74) is 1.88. The molecule has 1 aliphatic carbocycles. The van der Waals surface area contributed by atoms with E-state index in [0.29, 0.717) is 12.0 Å². The van der Waals surface area contributed by atoms with Crippen molar-refractivity contribution in [3.05, 3.63) is 64.6 Å². The molecular formula is C20H18O5S. The van der Waals surface area contributed by atoms with Crippen molar-refractivity contribution in [2.45, 2.75) is 31.5 Å². The lowest BCUT2D eigenvalue weighted by atomic mass is 9.88. The molecule has 5 nitrogen and oxygen atoms in total. The third-order valence-electron chi connectivity index (χ3n) is 4.03. The van der Waals surface area contributed by atoms with Crippen molar-refractivity contribution in [1.29, 1.82) is 0 Å². The largest absolute Gasteiger partial charge is 0.425 e. The second-order valence-electron chi connectivity index (χ2n) is 6.12. The second kappa shape index (κ2) is 7.33. The van der Waals surface area contributed by atoms with Crippen molar-refractivity contribution < 1.29 is 23.9 Å².